The van der Waals surface area contributed by atoms with Crippen molar-refractivity contribution < 1.29 is 19.1 Å². The molecule has 1 saturated heterocycles. The fourth-order valence-electron chi connectivity index (χ4n) is 4.00. The van der Waals surface area contributed by atoms with E-state index in [0.717, 1.165) is 17.1 Å². The number of aromatic nitrogens is 4. The SMILES string of the molecule is CCOC(=O)N1CCC(NC(=O)c2sc(-c3nnn(-c4ccc(OCC)cc4)c3C)nc2C)CC1. The van der Waals surface area contributed by atoms with Gasteiger partial charge in [-0.2, -0.15) is 0 Å². The van der Waals surface area contributed by atoms with Gasteiger partial charge in [-0.15, -0.1) is 16.4 Å². The molecule has 0 radical (unpaired) electrons. The molecule has 0 aliphatic carbocycles. The largest absolute Gasteiger partial charge is 0.494 e. The van der Waals surface area contributed by atoms with Crippen LogP contribution < -0.4 is 10.1 Å². The average molecular weight is 499 g/mol. The number of thiazole rings is 1. The first-order chi connectivity index (χ1) is 16.9. The van der Waals surface area contributed by atoms with Crippen LogP contribution in [0.3, 0.4) is 0 Å². The molecule has 0 spiro atoms. The third-order valence-electron chi connectivity index (χ3n) is 5.85. The molecule has 0 bridgehead atoms. The lowest BCUT2D eigenvalue weighted by atomic mass is 10.1. The van der Waals surface area contributed by atoms with E-state index < -0.39 is 0 Å². The molecular weight excluding hydrogens is 468 g/mol. The normalized spacial score (nSPS) is 14.1. The molecule has 1 fully saturated rings. The lowest BCUT2D eigenvalue weighted by Gasteiger charge is -2.31. The highest BCUT2D eigenvalue weighted by atomic mass is 32.1. The van der Waals surface area contributed by atoms with Crippen molar-refractivity contribution in [2.75, 3.05) is 26.3 Å². The van der Waals surface area contributed by atoms with Crippen LogP contribution in [0.25, 0.3) is 16.4 Å². The van der Waals surface area contributed by atoms with Gasteiger partial charge in [0.25, 0.3) is 5.91 Å². The monoisotopic (exact) mass is 498 g/mol. The van der Waals surface area contributed by atoms with Crippen LogP contribution in [-0.4, -0.2) is 69.2 Å². The minimum absolute atomic E-state index is 0.000368. The first-order valence-corrected chi connectivity index (χ1v) is 12.6. The van der Waals surface area contributed by atoms with Crippen molar-refractivity contribution in [3.63, 3.8) is 0 Å². The molecule has 0 atom stereocenters. The number of nitrogens with one attached hydrogen (secondary N) is 1. The highest BCUT2D eigenvalue weighted by Gasteiger charge is 2.27. The lowest BCUT2D eigenvalue weighted by Crippen LogP contribution is -2.46. The van der Waals surface area contributed by atoms with Crippen LogP contribution in [0.2, 0.25) is 0 Å². The van der Waals surface area contributed by atoms with Crippen molar-refractivity contribution in [3.05, 3.63) is 40.5 Å². The number of carbonyl (C=O) groups excluding carboxylic acids is 2. The van der Waals surface area contributed by atoms with E-state index in [9.17, 15) is 9.59 Å². The van der Waals surface area contributed by atoms with E-state index in [4.69, 9.17) is 9.47 Å². The maximum absolute atomic E-state index is 13.0. The third-order valence-corrected chi connectivity index (χ3v) is 7.01. The predicted molar refractivity (Wildman–Crippen MR) is 132 cm³/mol. The minimum Gasteiger partial charge on any atom is -0.494 e. The molecular formula is C24H30N6O4S. The molecule has 2 amide bonds. The number of rotatable bonds is 7. The smallest absolute Gasteiger partial charge is 0.409 e. The number of nitrogens with zero attached hydrogens (tertiary/aromatic N) is 5. The topological polar surface area (TPSA) is 111 Å². The number of aryl methyl sites for hydroxylation is 1. The van der Waals surface area contributed by atoms with Gasteiger partial charge in [0, 0.05) is 19.1 Å². The molecule has 0 saturated carbocycles. The zero-order valence-electron chi connectivity index (χ0n) is 20.4. The molecule has 1 aliphatic heterocycles. The van der Waals surface area contributed by atoms with Crippen LogP contribution in [0.5, 0.6) is 5.75 Å². The Bertz CT molecular complexity index is 1180. The van der Waals surface area contributed by atoms with Gasteiger partial charge < -0.3 is 19.7 Å². The molecule has 1 aliphatic rings. The van der Waals surface area contributed by atoms with Crippen LogP contribution >= 0.6 is 11.3 Å². The van der Waals surface area contributed by atoms with Crippen molar-refractivity contribution in [2.24, 2.45) is 0 Å². The third kappa shape index (κ3) is 5.45. The van der Waals surface area contributed by atoms with Crippen LogP contribution in [0.4, 0.5) is 4.79 Å². The Kier molecular flexibility index (Phi) is 7.64. The molecule has 11 heteroatoms. The summed E-state index contributed by atoms with van der Waals surface area (Å²) < 4.78 is 12.3. The summed E-state index contributed by atoms with van der Waals surface area (Å²) in [5.41, 5.74) is 3.00. The van der Waals surface area contributed by atoms with Gasteiger partial charge >= 0.3 is 6.09 Å². The van der Waals surface area contributed by atoms with Crippen molar-refractivity contribution >= 4 is 23.3 Å². The number of benzene rings is 1. The molecule has 0 unspecified atom stereocenters. The summed E-state index contributed by atoms with van der Waals surface area (Å²) in [4.78, 5) is 31.7. The molecule has 186 valence electrons. The minimum atomic E-state index is -0.297. The Morgan fingerprint density at radius 3 is 2.49 bits per heavy atom. The second-order valence-corrected chi connectivity index (χ2v) is 9.23. The first-order valence-electron chi connectivity index (χ1n) is 11.8. The lowest BCUT2D eigenvalue weighted by molar-refractivity contribution is 0.0862. The summed E-state index contributed by atoms with van der Waals surface area (Å²) >= 11 is 1.31. The highest BCUT2D eigenvalue weighted by molar-refractivity contribution is 7.17. The molecule has 1 aromatic carbocycles. The second-order valence-electron chi connectivity index (χ2n) is 8.23. The number of carbonyl (C=O) groups is 2. The van der Waals surface area contributed by atoms with Crippen LogP contribution in [0, 0.1) is 13.8 Å². The quantitative estimate of drug-likeness (QED) is 0.528. The summed E-state index contributed by atoms with van der Waals surface area (Å²) in [5, 5.41) is 12.4. The molecule has 4 rings (SSSR count). The van der Waals surface area contributed by atoms with Gasteiger partial charge in [-0.1, -0.05) is 5.21 Å². The molecule has 3 aromatic rings. The average Bonchev–Trinajstić information content (AvgIpc) is 3.42. The Labute approximate surface area is 208 Å². The number of amides is 2. The van der Waals surface area contributed by atoms with Crippen LogP contribution in [0.1, 0.15) is 47.7 Å². The Hall–Kier alpha value is -3.47. The number of hydrogen-bond donors (Lipinski definition) is 1. The Morgan fingerprint density at radius 2 is 1.83 bits per heavy atom. The van der Waals surface area contributed by atoms with Gasteiger partial charge in [0.1, 0.15) is 21.3 Å². The summed E-state index contributed by atoms with van der Waals surface area (Å²) in [6.45, 7) is 9.58. The Balaban J connectivity index is 1.43. The van der Waals surface area contributed by atoms with E-state index >= 15 is 0 Å². The highest BCUT2D eigenvalue weighted by Crippen LogP contribution is 2.30. The zero-order chi connectivity index (χ0) is 24.9. The maximum Gasteiger partial charge on any atom is 0.409 e. The van der Waals surface area contributed by atoms with Gasteiger partial charge in [-0.25, -0.2) is 14.5 Å². The van der Waals surface area contributed by atoms with Gasteiger partial charge in [-0.3, -0.25) is 4.79 Å². The Morgan fingerprint density at radius 1 is 1.11 bits per heavy atom. The predicted octanol–water partition coefficient (Wildman–Crippen LogP) is 3.76. The van der Waals surface area contributed by atoms with Gasteiger partial charge in [-0.05, 0) is 64.8 Å². The first kappa shape index (κ1) is 24.6. The summed E-state index contributed by atoms with van der Waals surface area (Å²) in [7, 11) is 0. The molecule has 2 aromatic heterocycles. The summed E-state index contributed by atoms with van der Waals surface area (Å²) in [6.07, 6.45) is 1.07. The van der Waals surface area contributed by atoms with Gasteiger partial charge in [0.2, 0.25) is 0 Å². The van der Waals surface area contributed by atoms with E-state index in [1.54, 1.807) is 16.5 Å². The number of ether oxygens (including phenoxy) is 2. The van der Waals surface area contributed by atoms with Gasteiger partial charge in [0.15, 0.2) is 0 Å². The fourth-order valence-corrected chi connectivity index (χ4v) is 5.01. The fraction of sp³-hybridized carbons (Fsp3) is 0.458. The van der Waals surface area contributed by atoms with Crippen molar-refractivity contribution in [3.8, 4) is 22.1 Å². The molecule has 10 nitrogen and oxygen atoms in total. The van der Waals surface area contributed by atoms with E-state index in [1.807, 2.05) is 45.0 Å². The summed E-state index contributed by atoms with van der Waals surface area (Å²) in [5.74, 6) is 0.643. The van der Waals surface area contributed by atoms with E-state index in [0.29, 0.717) is 60.4 Å². The zero-order valence-corrected chi connectivity index (χ0v) is 21.2. The van der Waals surface area contributed by atoms with Crippen LogP contribution in [-0.2, 0) is 4.74 Å². The molecule has 1 N–H and O–H groups in total. The molecule has 3 heterocycles. The van der Waals surface area contributed by atoms with E-state index in [1.165, 1.54) is 11.3 Å². The summed E-state index contributed by atoms with van der Waals surface area (Å²) in [6, 6.07) is 7.64. The van der Waals surface area contributed by atoms with E-state index in [-0.39, 0.29) is 18.0 Å². The van der Waals surface area contributed by atoms with Crippen molar-refractivity contribution in [1.82, 2.24) is 30.2 Å². The van der Waals surface area contributed by atoms with Crippen molar-refractivity contribution in [1.29, 1.82) is 0 Å². The number of piperidine rings is 1. The molecule has 35 heavy (non-hydrogen) atoms. The van der Waals surface area contributed by atoms with Gasteiger partial charge in [0.05, 0.1) is 30.3 Å². The number of likely N-dealkylation sites (tertiary alicyclic amines) is 1. The standard InChI is InChI=1S/C24H30N6O4S/c1-5-33-19-9-7-18(8-10-19)30-16(4)20(27-28-30)23-25-15(3)21(35-23)22(31)26-17-11-13-29(14-12-17)24(32)34-6-2/h7-10,17H,5-6,11-14H2,1-4H3,(H,26,31). The van der Waals surface area contributed by atoms with Crippen molar-refractivity contribution in [2.45, 2.75) is 46.6 Å². The van der Waals surface area contributed by atoms with E-state index in [2.05, 4.69) is 20.6 Å². The number of hydrogen-bond acceptors (Lipinski definition) is 8. The second kappa shape index (κ2) is 10.9. The van der Waals surface area contributed by atoms with Crippen LogP contribution in [0.15, 0.2) is 24.3 Å². The maximum atomic E-state index is 13.0.